The van der Waals surface area contributed by atoms with Crippen molar-refractivity contribution in [3.05, 3.63) is 108 Å². The molecule has 0 amide bonds. The molecule has 4 rings (SSSR count). The van der Waals surface area contributed by atoms with Gasteiger partial charge in [-0.2, -0.15) is 10.5 Å². The minimum atomic E-state index is -0.242. The van der Waals surface area contributed by atoms with Gasteiger partial charge < -0.3 is 9.47 Å². The number of esters is 2. The van der Waals surface area contributed by atoms with Gasteiger partial charge in [0.05, 0.1) is 23.3 Å². The maximum atomic E-state index is 12.2. The molecule has 0 spiro atoms. The average molecular weight is 557 g/mol. The van der Waals surface area contributed by atoms with Crippen LogP contribution in [0.2, 0.25) is 0 Å². The van der Waals surface area contributed by atoms with Crippen LogP contribution in [0.4, 0.5) is 0 Å². The highest BCUT2D eigenvalue weighted by molar-refractivity contribution is 5.74. The van der Waals surface area contributed by atoms with Gasteiger partial charge in [0.15, 0.2) is 0 Å². The van der Waals surface area contributed by atoms with Crippen molar-refractivity contribution in [2.75, 3.05) is 0 Å². The summed E-state index contributed by atoms with van der Waals surface area (Å²) in [5.74, 6) is 0.556. The predicted octanol–water partition coefficient (Wildman–Crippen LogP) is 8.40. The Labute approximate surface area is 246 Å². The smallest absolute Gasteiger partial charge is 0.311 e. The summed E-state index contributed by atoms with van der Waals surface area (Å²) in [6, 6.07) is 33.6. The number of rotatable bonds is 13. The standard InChI is InChI=1S/C36H32N2O4/c37-25-27-9-13-29(14-10-27)31-17-21-33(22-18-31)41-35(39)7-5-3-1-2-4-6-8-36(40)42-34-23-19-32(20-24-34)30-15-11-28(26-38)12-16-30/h9-24H,1-8H2. The van der Waals surface area contributed by atoms with Crippen molar-refractivity contribution >= 4 is 11.9 Å². The minimum absolute atomic E-state index is 0.242. The summed E-state index contributed by atoms with van der Waals surface area (Å²) in [5, 5.41) is 17.9. The topological polar surface area (TPSA) is 100 Å². The number of nitrogens with zero attached hydrogens (tertiary/aromatic N) is 2. The lowest BCUT2D eigenvalue weighted by Gasteiger charge is -2.07. The van der Waals surface area contributed by atoms with E-state index in [0.717, 1.165) is 60.8 Å². The normalized spacial score (nSPS) is 10.3. The Kier molecular flexibility index (Phi) is 11.0. The lowest BCUT2D eigenvalue weighted by Crippen LogP contribution is -2.07. The number of hydrogen-bond acceptors (Lipinski definition) is 6. The lowest BCUT2D eigenvalue weighted by atomic mass is 10.0. The highest BCUT2D eigenvalue weighted by Gasteiger charge is 2.08. The molecule has 0 saturated carbocycles. The van der Waals surface area contributed by atoms with E-state index in [0.29, 0.717) is 35.5 Å². The van der Waals surface area contributed by atoms with Crippen molar-refractivity contribution in [1.82, 2.24) is 0 Å². The number of unbranched alkanes of at least 4 members (excludes halogenated alkanes) is 5. The molecule has 0 atom stereocenters. The molecule has 0 heterocycles. The maximum absolute atomic E-state index is 12.2. The summed E-state index contributed by atoms with van der Waals surface area (Å²) >= 11 is 0. The summed E-state index contributed by atoms with van der Waals surface area (Å²) in [6.45, 7) is 0. The molecule has 42 heavy (non-hydrogen) atoms. The van der Waals surface area contributed by atoms with Crippen molar-refractivity contribution < 1.29 is 19.1 Å². The van der Waals surface area contributed by atoms with Gasteiger partial charge in [0, 0.05) is 12.8 Å². The molecule has 0 fully saturated rings. The van der Waals surface area contributed by atoms with Crippen molar-refractivity contribution in [2.45, 2.75) is 51.4 Å². The van der Waals surface area contributed by atoms with Gasteiger partial charge in [-0.05, 0) is 83.6 Å². The third-order valence-corrected chi connectivity index (χ3v) is 6.88. The number of hydrogen-bond donors (Lipinski definition) is 0. The molecule has 0 aliphatic heterocycles. The molecule has 4 aromatic carbocycles. The zero-order valence-electron chi connectivity index (χ0n) is 23.4. The van der Waals surface area contributed by atoms with E-state index in [-0.39, 0.29) is 11.9 Å². The van der Waals surface area contributed by atoms with Crippen LogP contribution in [0.1, 0.15) is 62.5 Å². The monoisotopic (exact) mass is 556 g/mol. The Morgan fingerprint density at radius 1 is 0.452 bits per heavy atom. The van der Waals surface area contributed by atoms with Gasteiger partial charge in [-0.25, -0.2) is 0 Å². The highest BCUT2D eigenvalue weighted by Crippen LogP contribution is 2.24. The fraction of sp³-hybridized carbons (Fsp3) is 0.222. The van der Waals surface area contributed by atoms with Crippen LogP contribution in [0.15, 0.2) is 97.1 Å². The van der Waals surface area contributed by atoms with Crippen LogP contribution in [-0.2, 0) is 9.59 Å². The number of nitriles is 2. The second-order valence-electron chi connectivity index (χ2n) is 10.00. The molecule has 0 radical (unpaired) electrons. The molecule has 210 valence electrons. The van der Waals surface area contributed by atoms with E-state index in [4.69, 9.17) is 20.0 Å². The average Bonchev–Trinajstić information content (AvgIpc) is 3.03. The summed E-state index contributed by atoms with van der Waals surface area (Å²) in [4.78, 5) is 24.4. The molecule has 0 N–H and O–H groups in total. The second-order valence-corrected chi connectivity index (χ2v) is 10.00. The number of carbonyl (C=O) groups is 2. The van der Waals surface area contributed by atoms with Crippen LogP contribution in [0.3, 0.4) is 0 Å². The highest BCUT2D eigenvalue weighted by atomic mass is 16.5. The van der Waals surface area contributed by atoms with Crippen molar-refractivity contribution in [1.29, 1.82) is 10.5 Å². The fourth-order valence-corrected chi connectivity index (χ4v) is 4.52. The summed E-state index contributed by atoms with van der Waals surface area (Å²) in [6.07, 6.45) is 6.13. The molecule has 0 saturated heterocycles. The molecule has 0 aromatic heterocycles. The van der Waals surface area contributed by atoms with E-state index in [2.05, 4.69) is 12.1 Å². The Balaban J connectivity index is 1.05. The van der Waals surface area contributed by atoms with E-state index >= 15 is 0 Å². The van der Waals surface area contributed by atoms with Crippen LogP contribution in [0.5, 0.6) is 11.5 Å². The van der Waals surface area contributed by atoms with E-state index < -0.39 is 0 Å². The summed E-state index contributed by atoms with van der Waals surface area (Å²) < 4.78 is 10.9. The van der Waals surface area contributed by atoms with Crippen molar-refractivity contribution in [2.24, 2.45) is 0 Å². The van der Waals surface area contributed by atoms with E-state index in [1.165, 1.54) is 0 Å². The van der Waals surface area contributed by atoms with E-state index in [9.17, 15) is 9.59 Å². The first-order valence-corrected chi connectivity index (χ1v) is 14.2. The first-order chi connectivity index (χ1) is 20.5. The molecular weight excluding hydrogens is 524 g/mol. The first kappa shape index (κ1) is 29.8. The Morgan fingerprint density at radius 3 is 1.05 bits per heavy atom. The van der Waals surface area contributed by atoms with E-state index in [1.807, 2.05) is 48.5 Å². The van der Waals surface area contributed by atoms with Crippen LogP contribution in [0.25, 0.3) is 22.3 Å². The second kappa shape index (κ2) is 15.6. The first-order valence-electron chi connectivity index (χ1n) is 14.2. The van der Waals surface area contributed by atoms with Gasteiger partial charge in [0.2, 0.25) is 0 Å². The number of ether oxygens (including phenoxy) is 2. The largest absolute Gasteiger partial charge is 0.427 e. The van der Waals surface area contributed by atoms with Crippen molar-refractivity contribution in [3.63, 3.8) is 0 Å². The van der Waals surface area contributed by atoms with Gasteiger partial charge in [-0.15, -0.1) is 0 Å². The third kappa shape index (κ3) is 9.18. The van der Waals surface area contributed by atoms with Gasteiger partial charge in [-0.1, -0.05) is 74.2 Å². The van der Waals surface area contributed by atoms with Gasteiger partial charge >= 0.3 is 11.9 Å². The van der Waals surface area contributed by atoms with Crippen LogP contribution in [-0.4, -0.2) is 11.9 Å². The molecule has 0 bridgehead atoms. The summed E-state index contributed by atoms with van der Waals surface area (Å²) in [7, 11) is 0. The Hall–Kier alpha value is -5.20. The van der Waals surface area contributed by atoms with Crippen LogP contribution < -0.4 is 9.47 Å². The number of benzene rings is 4. The lowest BCUT2D eigenvalue weighted by molar-refractivity contribution is -0.135. The molecule has 6 nitrogen and oxygen atoms in total. The SMILES string of the molecule is N#Cc1ccc(-c2ccc(OC(=O)CCCCCCCCC(=O)Oc3ccc(-c4ccc(C#N)cc4)cc3)cc2)cc1. The summed E-state index contributed by atoms with van der Waals surface area (Å²) in [5.41, 5.74) is 5.20. The Morgan fingerprint density at radius 2 is 0.738 bits per heavy atom. The minimum Gasteiger partial charge on any atom is -0.427 e. The number of carbonyl (C=O) groups excluding carboxylic acids is 2. The van der Waals surface area contributed by atoms with Gasteiger partial charge in [0.1, 0.15) is 11.5 Å². The molecular formula is C36H32N2O4. The fourth-order valence-electron chi connectivity index (χ4n) is 4.52. The zero-order valence-corrected chi connectivity index (χ0v) is 23.4. The van der Waals surface area contributed by atoms with Gasteiger partial charge in [0.25, 0.3) is 0 Å². The third-order valence-electron chi connectivity index (χ3n) is 6.88. The Bertz CT molecular complexity index is 1420. The van der Waals surface area contributed by atoms with Gasteiger partial charge in [-0.3, -0.25) is 9.59 Å². The quantitative estimate of drug-likeness (QED) is 0.0931. The molecule has 4 aromatic rings. The van der Waals surface area contributed by atoms with Crippen LogP contribution >= 0.6 is 0 Å². The molecule has 0 aliphatic carbocycles. The van der Waals surface area contributed by atoms with E-state index in [1.54, 1.807) is 48.5 Å². The maximum Gasteiger partial charge on any atom is 0.311 e. The molecule has 0 aliphatic rings. The van der Waals surface area contributed by atoms with Crippen LogP contribution in [0, 0.1) is 22.7 Å². The predicted molar refractivity (Wildman–Crippen MR) is 161 cm³/mol. The molecule has 0 unspecified atom stereocenters. The molecule has 6 heteroatoms. The van der Waals surface area contributed by atoms with Crippen molar-refractivity contribution in [3.8, 4) is 45.9 Å². The zero-order chi connectivity index (χ0) is 29.6.